The summed E-state index contributed by atoms with van der Waals surface area (Å²) in [5.74, 6) is 0.883. The van der Waals surface area contributed by atoms with Crippen LogP contribution in [0.1, 0.15) is 18.9 Å². The van der Waals surface area contributed by atoms with Crippen molar-refractivity contribution in [1.29, 1.82) is 5.26 Å². The first-order valence-electron chi connectivity index (χ1n) is 5.92. The van der Waals surface area contributed by atoms with Crippen molar-refractivity contribution in [3.63, 3.8) is 0 Å². The van der Waals surface area contributed by atoms with Crippen molar-refractivity contribution in [2.24, 2.45) is 0 Å². The van der Waals surface area contributed by atoms with E-state index in [1.807, 2.05) is 31.1 Å². The topological polar surface area (TPSA) is 36.3 Å². The fourth-order valence-corrected chi connectivity index (χ4v) is 1.54. The fraction of sp³-hybridized carbons (Fsp3) is 0.500. The Morgan fingerprint density at radius 3 is 2.76 bits per heavy atom. The molecule has 92 valence electrons. The number of ether oxygens (including phenoxy) is 1. The highest BCUT2D eigenvalue weighted by molar-refractivity contribution is 5.28. The Labute approximate surface area is 104 Å². The zero-order chi connectivity index (χ0) is 12.7. The lowest BCUT2D eigenvalue weighted by atomic mass is 10.1. The van der Waals surface area contributed by atoms with Gasteiger partial charge in [0.1, 0.15) is 12.4 Å². The molecule has 0 amide bonds. The van der Waals surface area contributed by atoms with Gasteiger partial charge in [0.15, 0.2) is 0 Å². The molecule has 1 unspecified atom stereocenters. The fourth-order valence-electron chi connectivity index (χ4n) is 1.54. The summed E-state index contributed by atoms with van der Waals surface area (Å²) in [6, 6.07) is 10.4. The molecule has 0 aromatic heterocycles. The molecular formula is C14H20N2O. The van der Waals surface area contributed by atoms with Crippen LogP contribution in [-0.2, 0) is 6.42 Å². The van der Waals surface area contributed by atoms with Crippen LogP contribution in [0.2, 0.25) is 0 Å². The van der Waals surface area contributed by atoms with Crippen molar-refractivity contribution >= 4 is 0 Å². The van der Waals surface area contributed by atoms with Gasteiger partial charge >= 0.3 is 0 Å². The summed E-state index contributed by atoms with van der Waals surface area (Å²) in [6.45, 7) is 2.67. The van der Waals surface area contributed by atoms with Gasteiger partial charge < -0.3 is 9.64 Å². The van der Waals surface area contributed by atoms with E-state index in [4.69, 9.17) is 10.00 Å². The van der Waals surface area contributed by atoms with Gasteiger partial charge in [-0.05, 0) is 38.2 Å². The Kier molecular flexibility index (Phi) is 5.51. The SMILES string of the molecule is CCc1cccc(OCC(CC#N)N(C)C)c1. The number of rotatable bonds is 6. The first-order chi connectivity index (χ1) is 8.17. The Bertz CT molecular complexity index is 382. The predicted molar refractivity (Wildman–Crippen MR) is 69.0 cm³/mol. The molecule has 0 aliphatic heterocycles. The van der Waals surface area contributed by atoms with E-state index in [9.17, 15) is 0 Å². The summed E-state index contributed by atoms with van der Waals surface area (Å²) in [7, 11) is 3.93. The first kappa shape index (κ1) is 13.5. The number of hydrogen-bond donors (Lipinski definition) is 0. The number of nitriles is 1. The lowest BCUT2D eigenvalue weighted by molar-refractivity contribution is 0.188. The van der Waals surface area contributed by atoms with Gasteiger partial charge in [-0.1, -0.05) is 19.1 Å². The van der Waals surface area contributed by atoms with E-state index in [1.54, 1.807) is 0 Å². The maximum Gasteiger partial charge on any atom is 0.119 e. The van der Waals surface area contributed by atoms with Crippen LogP contribution in [0.25, 0.3) is 0 Å². The van der Waals surface area contributed by atoms with Crippen LogP contribution in [0.3, 0.4) is 0 Å². The van der Waals surface area contributed by atoms with Crippen LogP contribution in [0.15, 0.2) is 24.3 Å². The van der Waals surface area contributed by atoms with E-state index in [2.05, 4.69) is 25.1 Å². The van der Waals surface area contributed by atoms with E-state index >= 15 is 0 Å². The number of aryl methyl sites for hydroxylation is 1. The molecule has 17 heavy (non-hydrogen) atoms. The minimum Gasteiger partial charge on any atom is -0.492 e. The molecule has 1 aromatic carbocycles. The summed E-state index contributed by atoms with van der Waals surface area (Å²) >= 11 is 0. The van der Waals surface area contributed by atoms with Crippen LogP contribution in [0.4, 0.5) is 0 Å². The molecule has 0 aliphatic carbocycles. The Morgan fingerprint density at radius 1 is 1.41 bits per heavy atom. The van der Waals surface area contributed by atoms with E-state index in [1.165, 1.54) is 5.56 Å². The quantitative estimate of drug-likeness (QED) is 0.756. The predicted octanol–water partition coefficient (Wildman–Crippen LogP) is 2.47. The second kappa shape index (κ2) is 6.93. The van der Waals surface area contributed by atoms with Crippen LogP contribution in [0, 0.1) is 11.3 Å². The van der Waals surface area contributed by atoms with Gasteiger partial charge in [-0.3, -0.25) is 0 Å². The monoisotopic (exact) mass is 232 g/mol. The van der Waals surface area contributed by atoms with Gasteiger partial charge in [0.25, 0.3) is 0 Å². The van der Waals surface area contributed by atoms with Crippen LogP contribution >= 0.6 is 0 Å². The van der Waals surface area contributed by atoms with Gasteiger partial charge in [0.2, 0.25) is 0 Å². The molecule has 0 N–H and O–H groups in total. The van der Waals surface area contributed by atoms with Crippen molar-refractivity contribution in [2.75, 3.05) is 20.7 Å². The van der Waals surface area contributed by atoms with Crippen molar-refractivity contribution in [2.45, 2.75) is 25.8 Å². The average molecular weight is 232 g/mol. The molecule has 3 nitrogen and oxygen atoms in total. The number of hydrogen-bond acceptors (Lipinski definition) is 3. The third kappa shape index (κ3) is 4.46. The van der Waals surface area contributed by atoms with Gasteiger partial charge in [0, 0.05) is 0 Å². The highest BCUT2D eigenvalue weighted by Gasteiger charge is 2.11. The van der Waals surface area contributed by atoms with E-state index in [0.717, 1.165) is 12.2 Å². The van der Waals surface area contributed by atoms with E-state index in [0.29, 0.717) is 13.0 Å². The van der Waals surface area contributed by atoms with Crippen molar-refractivity contribution in [3.05, 3.63) is 29.8 Å². The Hall–Kier alpha value is -1.53. The van der Waals surface area contributed by atoms with Crippen LogP contribution in [-0.4, -0.2) is 31.6 Å². The molecule has 1 rings (SSSR count). The number of nitrogens with zero attached hydrogens (tertiary/aromatic N) is 2. The molecule has 0 saturated heterocycles. The van der Waals surface area contributed by atoms with Gasteiger partial charge in [0.05, 0.1) is 18.5 Å². The van der Waals surface area contributed by atoms with Gasteiger partial charge in [-0.2, -0.15) is 5.26 Å². The molecule has 3 heteroatoms. The number of likely N-dealkylation sites (N-methyl/N-ethyl adjacent to an activating group) is 1. The highest BCUT2D eigenvalue weighted by Crippen LogP contribution is 2.14. The van der Waals surface area contributed by atoms with Crippen LogP contribution < -0.4 is 4.74 Å². The lowest BCUT2D eigenvalue weighted by Gasteiger charge is -2.21. The molecule has 0 radical (unpaired) electrons. The normalized spacial score (nSPS) is 12.2. The standard InChI is InChI=1S/C14H20N2O/c1-4-12-6-5-7-14(10-12)17-11-13(8-9-15)16(2)3/h5-7,10,13H,4,8,11H2,1-3H3. The first-order valence-corrected chi connectivity index (χ1v) is 5.92. The average Bonchev–Trinajstić information content (AvgIpc) is 2.34. The lowest BCUT2D eigenvalue weighted by Crippen LogP contribution is -2.33. The molecule has 0 heterocycles. The summed E-state index contributed by atoms with van der Waals surface area (Å²) in [6.07, 6.45) is 1.49. The minimum absolute atomic E-state index is 0.144. The molecule has 0 spiro atoms. The summed E-state index contributed by atoms with van der Waals surface area (Å²) < 4.78 is 5.73. The third-order valence-electron chi connectivity index (χ3n) is 2.81. The molecule has 1 aromatic rings. The van der Waals surface area contributed by atoms with Crippen molar-refractivity contribution in [1.82, 2.24) is 4.90 Å². The second-order valence-electron chi connectivity index (χ2n) is 4.29. The summed E-state index contributed by atoms with van der Waals surface area (Å²) in [5, 5.41) is 8.73. The maximum atomic E-state index is 8.73. The molecule has 0 bridgehead atoms. The van der Waals surface area contributed by atoms with Crippen molar-refractivity contribution in [3.8, 4) is 11.8 Å². The minimum atomic E-state index is 0.144. The number of benzene rings is 1. The highest BCUT2D eigenvalue weighted by atomic mass is 16.5. The van der Waals surface area contributed by atoms with E-state index in [-0.39, 0.29) is 6.04 Å². The summed E-state index contributed by atoms with van der Waals surface area (Å²) in [4.78, 5) is 2.02. The maximum absolute atomic E-state index is 8.73. The largest absolute Gasteiger partial charge is 0.492 e. The Morgan fingerprint density at radius 2 is 2.18 bits per heavy atom. The van der Waals surface area contributed by atoms with Gasteiger partial charge in [-0.15, -0.1) is 0 Å². The van der Waals surface area contributed by atoms with Crippen molar-refractivity contribution < 1.29 is 4.74 Å². The molecule has 0 saturated carbocycles. The zero-order valence-corrected chi connectivity index (χ0v) is 10.8. The van der Waals surface area contributed by atoms with Gasteiger partial charge in [-0.25, -0.2) is 0 Å². The molecule has 0 aliphatic rings. The zero-order valence-electron chi connectivity index (χ0n) is 10.8. The summed E-state index contributed by atoms with van der Waals surface area (Å²) in [5.41, 5.74) is 1.27. The molecular weight excluding hydrogens is 212 g/mol. The van der Waals surface area contributed by atoms with Crippen LogP contribution in [0.5, 0.6) is 5.75 Å². The Balaban J connectivity index is 2.56. The molecule has 1 atom stereocenters. The third-order valence-corrected chi connectivity index (χ3v) is 2.81. The van der Waals surface area contributed by atoms with E-state index < -0.39 is 0 Å². The smallest absolute Gasteiger partial charge is 0.119 e. The molecule has 0 fully saturated rings. The second-order valence-corrected chi connectivity index (χ2v) is 4.29.